The molecule has 1 rings (SSSR count). The van der Waals surface area contributed by atoms with Crippen LogP contribution >= 0.6 is 0 Å². The van der Waals surface area contributed by atoms with Gasteiger partial charge in [-0.25, -0.2) is 4.85 Å². The van der Waals surface area contributed by atoms with E-state index in [0.717, 1.165) is 5.75 Å². The van der Waals surface area contributed by atoms with Crippen LogP contribution in [0, 0.1) is 6.57 Å². The molecule has 0 fully saturated rings. The lowest BCUT2D eigenvalue weighted by molar-refractivity contribution is -0.00000602. The summed E-state index contributed by atoms with van der Waals surface area (Å²) in [6.45, 7) is 6.66. The molecule has 2 nitrogen and oxygen atoms in total. The Morgan fingerprint density at radius 3 is 1.87 bits per heavy atom. The third-order valence-electron chi connectivity index (χ3n) is 1.20. The molecule has 15 heavy (non-hydrogen) atoms. The van der Waals surface area contributed by atoms with Gasteiger partial charge in [-0.05, 0) is 12.1 Å². The highest BCUT2D eigenvalue weighted by Crippen LogP contribution is 2.16. The lowest BCUT2D eigenvalue weighted by atomic mass is 10.3. The average molecular weight is 220 g/mol. The zero-order valence-electron chi connectivity index (χ0n) is 7.75. The van der Waals surface area contributed by atoms with E-state index < -0.39 is 7.54 Å². The van der Waals surface area contributed by atoms with Gasteiger partial charge in [0, 0.05) is 0 Å². The van der Waals surface area contributed by atoms with Gasteiger partial charge in [0.05, 0.1) is 13.7 Å². The van der Waals surface area contributed by atoms with Crippen LogP contribution in [0.25, 0.3) is 4.85 Å². The standard InChI is InChI=1S/C8H7NO.BF3.FH/c1-9-7-3-5-8(10-2)6-4-7;2-1(3)4;/h3-6H,2H3;;1H/p-1. The number of hydrogen-bond acceptors (Lipinski definition) is 1. The molecule has 82 valence electrons. The van der Waals surface area contributed by atoms with Crippen molar-refractivity contribution in [2.24, 2.45) is 0 Å². The molecule has 0 aromatic heterocycles. The summed E-state index contributed by atoms with van der Waals surface area (Å²) in [7, 11) is -2.06. The molecule has 0 N–H and O–H groups in total. The highest BCUT2D eigenvalue weighted by atomic mass is 19.4. The van der Waals surface area contributed by atoms with E-state index in [1.807, 2.05) is 0 Å². The van der Waals surface area contributed by atoms with Gasteiger partial charge in [0.15, 0.2) is 5.69 Å². The maximum absolute atomic E-state index is 9.67. The smallest absolute Gasteiger partial charge is 0.762 e. The second-order valence-corrected chi connectivity index (χ2v) is 2.06. The molecule has 0 heterocycles. The summed E-state index contributed by atoms with van der Waals surface area (Å²) in [5.74, 6) is 0.785. The van der Waals surface area contributed by atoms with Crippen molar-refractivity contribution in [3.8, 4) is 5.75 Å². The number of ether oxygens (including phenoxy) is 1. The summed E-state index contributed by atoms with van der Waals surface area (Å²) in [5, 5.41) is 0. The van der Waals surface area contributed by atoms with Crippen molar-refractivity contribution in [2.75, 3.05) is 7.11 Å². The average Bonchev–Trinajstić information content (AvgIpc) is 2.17. The van der Waals surface area contributed by atoms with Gasteiger partial charge < -0.3 is 9.44 Å². The number of halogens is 4. The van der Waals surface area contributed by atoms with Crippen molar-refractivity contribution in [1.82, 2.24) is 0 Å². The van der Waals surface area contributed by atoms with Crippen molar-refractivity contribution in [3.63, 3.8) is 0 Å². The van der Waals surface area contributed by atoms with Crippen LogP contribution in [0.2, 0.25) is 0 Å². The number of methoxy groups -OCH3 is 1. The maximum Gasteiger partial charge on any atom is 0.762 e. The molecule has 0 spiro atoms. The monoisotopic (exact) mass is 220 g/mol. The van der Waals surface area contributed by atoms with E-state index in [2.05, 4.69) is 4.85 Å². The molecule has 0 unspecified atom stereocenters. The van der Waals surface area contributed by atoms with Crippen molar-refractivity contribution in [1.29, 1.82) is 0 Å². The minimum atomic E-state index is -3.67. The summed E-state index contributed by atoms with van der Waals surface area (Å²) in [6.07, 6.45) is 0. The van der Waals surface area contributed by atoms with E-state index >= 15 is 0 Å². The summed E-state index contributed by atoms with van der Waals surface area (Å²) in [4.78, 5) is 3.24. The Morgan fingerprint density at radius 1 is 1.20 bits per heavy atom. The van der Waals surface area contributed by atoms with Crippen molar-refractivity contribution >= 4 is 13.2 Å². The van der Waals surface area contributed by atoms with Crippen LogP contribution in [-0.2, 0) is 0 Å². The number of rotatable bonds is 1. The Kier molecular flexibility index (Phi) is 9.32. The largest absolute Gasteiger partial charge is 1.00 e. The summed E-state index contributed by atoms with van der Waals surface area (Å²) >= 11 is 0. The second kappa shape index (κ2) is 8.87. The predicted molar refractivity (Wildman–Crippen MR) is 48.3 cm³/mol. The zero-order valence-corrected chi connectivity index (χ0v) is 7.75. The van der Waals surface area contributed by atoms with Gasteiger partial charge in [0.2, 0.25) is 0 Å². The van der Waals surface area contributed by atoms with Crippen molar-refractivity contribution in [2.45, 2.75) is 0 Å². The van der Waals surface area contributed by atoms with Crippen LogP contribution in [-0.4, -0.2) is 14.7 Å². The molecule has 0 saturated heterocycles. The Morgan fingerprint density at radius 2 is 1.60 bits per heavy atom. The number of nitrogens with zero attached hydrogens (tertiary/aromatic N) is 1. The molecule has 0 bridgehead atoms. The lowest BCUT2D eigenvalue weighted by Crippen LogP contribution is -3.00. The van der Waals surface area contributed by atoms with Crippen LogP contribution < -0.4 is 9.44 Å². The molecular weight excluding hydrogens is 213 g/mol. The zero-order chi connectivity index (χ0) is 11.0. The van der Waals surface area contributed by atoms with Crippen molar-refractivity contribution < 1.29 is 22.4 Å². The third kappa shape index (κ3) is 8.62. The predicted octanol–water partition coefficient (Wildman–Crippen LogP) is 0.130. The molecule has 0 aliphatic carbocycles. The van der Waals surface area contributed by atoms with E-state index in [4.69, 9.17) is 11.3 Å². The van der Waals surface area contributed by atoms with Gasteiger partial charge in [-0.3, -0.25) is 12.9 Å². The summed E-state index contributed by atoms with van der Waals surface area (Å²) < 4.78 is 33.9. The topological polar surface area (TPSA) is 13.6 Å². The van der Waals surface area contributed by atoms with Gasteiger partial charge in [-0.2, -0.15) is 0 Å². The Balaban J connectivity index is 0. The van der Waals surface area contributed by atoms with Crippen LogP contribution in [0.5, 0.6) is 5.75 Å². The quantitative estimate of drug-likeness (QED) is 0.372. The fourth-order valence-electron chi connectivity index (χ4n) is 0.657. The van der Waals surface area contributed by atoms with Gasteiger partial charge >= 0.3 is 7.54 Å². The first kappa shape index (κ1) is 15.8. The van der Waals surface area contributed by atoms with E-state index in [-0.39, 0.29) is 4.70 Å². The SMILES string of the molecule is FB(F)F.[C-]#[N+]c1ccc(OC)cc1.[F-]. The molecular formula is C8H7BF4NO-. The first-order valence-electron chi connectivity index (χ1n) is 3.54. The van der Waals surface area contributed by atoms with Gasteiger partial charge in [0.1, 0.15) is 5.75 Å². The van der Waals surface area contributed by atoms with Crippen LogP contribution in [0.15, 0.2) is 24.3 Å². The Labute approximate surface area is 85.1 Å². The molecule has 0 radical (unpaired) electrons. The highest BCUT2D eigenvalue weighted by Gasteiger charge is 2.06. The van der Waals surface area contributed by atoms with Gasteiger partial charge in [0.25, 0.3) is 0 Å². The first-order chi connectivity index (χ1) is 6.60. The van der Waals surface area contributed by atoms with Crippen LogP contribution in [0.3, 0.4) is 0 Å². The van der Waals surface area contributed by atoms with E-state index in [9.17, 15) is 12.9 Å². The third-order valence-corrected chi connectivity index (χ3v) is 1.20. The number of benzene rings is 1. The van der Waals surface area contributed by atoms with E-state index in [0.29, 0.717) is 5.69 Å². The molecule has 0 aliphatic heterocycles. The van der Waals surface area contributed by atoms with E-state index in [1.54, 1.807) is 31.4 Å². The normalized spacial score (nSPS) is 7.40. The molecule has 0 aliphatic rings. The van der Waals surface area contributed by atoms with Crippen molar-refractivity contribution in [3.05, 3.63) is 35.7 Å². The number of hydrogen-bond donors (Lipinski definition) is 0. The molecule has 1 aromatic rings. The Bertz CT molecular complexity index is 296. The lowest BCUT2D eigenvalue weighted by Gasteiger charge is -1.96. The van der Waals surface area contributed by atoms with Crippen LogP contribution in [0.1, 0.15) is 0 Å². The maximum atomic E-state index is 9.67. The summed E-state index contributed by atoms with van der Waals surface area (Å²) in [6, 6.07) is 7.00. The molecule has 0 saturated carbocycles. The first-order valence-corrected chi connectivity index (χ1v) is 3.54. The summed E-state index contributed by atoms with van der Waals surface area (Å²) in [5.41, 5.74) is 0.640. The molecule has 1 aromatic carbocycles. The van der Waals surface area contributed by atoms with Crippen LogP contribution in [0.4, 0.5) is 18.6 Å². The fraction of sp³-hybridized carbons (Fsp3) is 0.125. The van der Waals surface area contributed by atoms with Gasteiger partial charge in [-0.15, -0.1) is 0 Å². The molecule has 0 amide bonds. The minimum Gasteiger partial charge on any atom is -1.00 e. The Hall–Kier alpha value is -1.71. The highest BCUT2D eigenvalue weighted by molar-refractivity contribution is 6.33. The minimum absolute atomic E-state index is 0. The fourth-order valence-corrected chi connectivity index (χ4v) is 0.657. The molecule has 7 heteroatoms. The van der Waals surface area contributed by atoms with Gasteiger partial charge in [-0.1, -0.05) is 12.1 Å². The molecule has 0 atom stereocenters. The second-order valence-electron chi connectivity index (χ2n) is 2.06. The van der Waals surface area contributed by atoms with E-state index in [1.165, 1.54) is 0 Å².